The van der Waals surface area contributed by atoms with Crippen LogP contribution in [-0.2, 0) is 16.1 Å². The van der Waals surface area contributed by atoms with Gasteiger partial charge in [0.1, 0.15) is 12.0 Å². The highest BCUT2D eigenvalue weighted by atomic mass is 16.5. The SMILES string of the molecule is CC1(C(=O)OCc2ccccc2)C=CCC=C1. The van der Waals surface area contributed by atoms with Crippen molar-refractivity contribution in [1.29, 1.82) is 0 Å². The third kappa shape index (κ3) is 2.84. The Kier molecular flexibility index (Phi) is 3.43. The fourth-order valence-electron chi connectivity index (χ4n) is 1.77. The summed E-state index contributed by atoms with van der Waals surface area (Å²) in [6.07, 6.45) is 8.68. The summed E-state index contributed by atoms with van der Waals surface area (Å²) in [5.41, 5.74) is 0.403. The summed E-state index contributed by atoms with van der Waals surface area (Å²) in [6.45, 7) is 2.20. The summed E-state index contributed by atoms with van der Waals surface area (Å²) < 4.78 is 5.33. The molecule has 0 amide bonds. The van der Waals surface area contributed by atoms with Crippen LogP contribution in [0.5, 0.6) is 0 Å². The molecule has 0 radical (unpaired) electrons. The molecule has 1 aromatic carbocycles. The predicted octanol–water partition coefficient (Wildman–Crippen LogP) is 3.25. The normalized spacial score (nSPS) is 16.8. The molecule has 2 heteroatoms. The molecule has 1 aromatic rings. The Labute approximate surface area is 102 Å². The topological polar surface area (TPSA) is 26.3 Å². The zero-order chi connectivity index (χ0) is 12.1. The van der Waals surface area contributed by atoms with Crippen molar-refractivity contribution in [3.8, 4) is 0 Å². The average Bonchev–Trinajstić information content (AvgIpc) is 2.38. The molecular weight excluding hydrogens is 212 g/mol. The summed E-state index contributed by atoms with van der Waals surface area (Å²) in [6, 6.07) is 9.71. The molecule has 0 saturated carbocycles. The first kappa shape index (κ1) is 11.6. The largest absolute Gasteiger partial charge is 0.460 e. The Hall–Kier alpha value is -1.83. The number of esters is 1. The van der Waals surface area contributed by atoms with Crippen molar-refractivity contribution < 1.29 is 9.53 Å². The first-order valence-electron chi connectivity index (χ1n) is 5.77. The Morgan fingerprint density at radius 2 is 1.88 bits per heavy atom. The number of carbonyl (C=O) groups excluding carboxylic acids is 1. The second kappa shape index (κ2) is 5.00. The van der Waals surface area contributed by atoms with Gasteiger partial charge in [0.25, 0.3) is 0 Å². The maximum absolute atomic E-state index is 12.0. The van der Waals surface area contributed by atoms with Crippen LogP contribution < -0.4 is 0 Å². The zero-order valence-corrected chi connectivity index (χ0v) is 9.93. The molecule has 0 heterocycles. The van der Waals surface area contributed by atoms with Crippen LogP contribution in [0, 0.1) is 5.41 Å². The lowest BCUT2D eigenvalue weighted by Crippen LogP contribution is -2.26. The maximum atomic E-state index is 12.0. The van der Waals surface area contributed by atoms with E-state index < -0.39 is 5.41 Å². The molecule has 0 aromatic heterocycles. The molecule has 0 aliphatic heterocycles. The minimum atomic E-state index is -0.604. The van der Waals surface area contributed by atoms with Gasteiger partial charge < -0.3 is 4.74 Å². The van der Waals surface area contributed by atoms with Gasteiger partial charge in [-0.3, -0.25) is 4.79 Å². The minimum absolute atomic E-state index is 0.200. The van der Waals surface area contributed by atoms with Gasteiger partial charge in [0.2, 0.25) is 0 Å². The number of hydrogen-bond acceptors (Lipinski definition) is 2. The molecule has 1 aliphatic rings. The van der Waals surface area contributed by atoms with E-state index in [2.05, 4.69) is 0 Å². The van der Waals surface area contributed by atoms with Crippen LogP contribution in [0.1, 0.15) is 18.9 Å². The lowest BCUT2D eigenvalue weighted by Gasteiger charge is -2.22. The van der Waals surface area contributed by atoms with E-state index in [1.54, 1.807) is 0 Å². The smallest absolute Gasteiger partial charge is 0.319 e. The lowest BCUT2D eigenvalue weighted by atomic mass is 9.86. The van der Waals surface area contributed by atoms with E-state index in [4.69, 9.17) is 4.74 Å². The summed E-state index contributed by atoms with van der Waals surface area (Å²) in [5, 5.41) is 0. The van der Waals surface area contributed by atoms with Crippen LogP contribution in [0.25, 0.3) is 0 Å². The molecule has 0 bridgehead atoms. The van der Waals surface area contributed by atoms with Crippen LogP contribution in [-0.4, -0.2) is 5.97 Å². The molecule has 0 fully saturated rings. The van der Waals surface area contributed by atoms with Gasteiger partial charge in [-0.15, -0.1) is 0 Å². The van der Waals surface area contributed by atoms with Crippen molar-refractivity contribution >= 4 is 5.97 Å². The van der Waals surface area contributed by atoms with E-state index in [-0.39, 0.29) is 5.97 Å². The fourth-order valence-corrected chi connectivity index (χ4v) is 1.77. The highest BCUT2D eigenvalue weighted by Gasteiger charge is 2.30. The van der Waals surface area contributed by atoms with Crippen molar-refractivity contribution in [3.05, 3.63) is 60.2 Å². The number of hydrogen-bond donors (Lipinski definition) is 0. The Balaban J connectivity index is 1.96. The summed E-state index contributed by atoms with van der Waals surface area (Å²) in [4.78, 5) is 12.0. The third-order valence-corrected chi connectivity index (χ3v) is 2.85. The third-order valence-electron chi connectivity index (χ3n) is 2.85. The van der Waals surface area contributed by atoms with Crippen molar-refractivity contribution in [2.24, 2.45) is 5.41 Å². The predicted molar refractivity (Wildman–Crippen MR) is 67.2 cm³/mol. The minimum Gasteiger partial charge on any atom is -0.460 e. The fraction of sp³-hybridized carbons (Fsp3) is 0.267. The monoisotopic (exact) mass is 228 g/mol. The number of allylic oxidation sites excluding steroid dienone is 2. The van der Waals surface area contributed by atoms with Gasteiger partial charge in [-0.05, 0) is 18.9 Å². The standard InChI is InChI=1S/C15H16O2/c1-15(10-6-3-7-11-15)14(16)17-12-13-8-4-2-5-9-13/h2,4-11H,3,12H2,1H3. The summed E-state index contributed by atoms with van der Waals surface area (Å²) in [5.74, 6) is -0.200. The molecule has 2 rings (SSSR count). The molecule has 17 heavy (non-hydrogen) atoms. The lowest BCUT2D eigenvalue weighted by molar-refractivity contribution is -0.151. The van der Waals surface area contributed by atoms with Gasteiger partial charge in [0.05, 0.1) is 0 Å². The van der Waals surface area contributed by atoms with Gasteiger partial charge in [-0.2, -0.15) is 0 Å². The van der Waals surface area contributed by atoms with Gasteiger partial charge >= 0.3 is 5.97 Å². The zero-order valence-electron chi connectivity index (χ0n) is 9.93. The van der Waals surface area contributed by atoms with E-state index in [1.165, 1.54) is 0 Å². The molecule has 0 N–H and O–H groups in total. The highest BCUT2D eigenvalue weighted by molar-refractivity contribution is 5.81. The number of rotatable bonds is 3. The van der Waals surface area contributed by atoms with Crippen LogP contribution in [0.15, 0.2) is 54.6 Å². The number of carbonyl (C=O) groups is 1. The van der Waals surface area contributed by atoms with E-state index >= 15 is 0 Å². The first-order valence-corrected chi connectivity index (χ1v) is 5.77. The molecule has 1 aliphatic carbocycles. The number of ether oxygens (including phenoxy) is 1. The second-order valence-electron chi connectivity index (χ2n) is 4.38. The van der Waals surface area contributed by atoms with Crippen LogP contribution in [0.4, 0.5) is 0 Å². The maximum Gasteiger partial charge on any atom is 0.319 e. The van der Waals surface area contributed by atoms with Crippen molar-refractivity contribution in [1.82, 2.24) is 0 Å². The Bertz CT molecular complexity index is 431. The van der Waals surface area contributed by atoms with Crippen molar-refractivity contribution in [2.45, 2.75) is 20.0 Å². The van der Waals surface area contributed by atoms with Crippen LogP contribution >= 0.6 is 0 Å². The van der Waals surface area contributed by atoms with E-state index in [0.717, 1.165) is 12.0 Å². The highest BCUT2D eigenvalue weighted by Crippen LogP contribution is 2.26. The summed E-state index contributed by atoms with van der Waals surface area (Å²) >= 11 is 0. The van der Waals surface area contributed by atoms with E-state index in [0.29, 0.717) is 6.61 Å². The first-order chi connectivity index (χ1) is 8.21. The number of benzene rings is 1. The van der Waals surface area contributed by atoms with E-state index in [1.807, 2.05) is 61.6 Å². The Morgan fingerprint density at radius 1 is 1.24 bits per heavy atom. The Morgan fingerprint density at radius 3 is 2.53 bits per heavy atom. The van der Waals surface area contributed by atoms with Gasteiger partial charge in [-0.25, -0.2) is 0 Å². The molecule has 0 saturated heterocycles. The molecule has 2 nitrogen and oxygen atoms in total. The molecule has 0 unspecified atom stereocenters. The van der Waals surface area contributed by atoms with Gasteiger partial charge in [0.15, 0.2) is 0 Å². The van der Waals surface area contributed by atoms with E-state index in [9.17, 15) is 4.79 Å². The quantitative estimate of drug-likeness (QED) is 0.586. The summed E-state index contributed by atoms with van der Waals surface area (Å²) in [7, 11) is 0. The average molecular weight is 228 g/mol. The molecular formula is C15H16O2. The van der Waals surface area contributed by atoms with Crippen LogP contribution in [0.2, 0.25) is 0 Å². The molecule has 0 spiro atoms. The van der Waals surface area contributed by atoms with Crippen molar-refractivity contribution in [3.63, 3.8) is 0 Å². The van der Waals surface area contributed by atoms with Gasteiger partial charge in [0, 0.05) is 0 Å². The molecule has 0 atom stereocenters. The molecule has 88 valence electrons. The van der Waals surface area contributed by atoms with Crippen molar-refractivity contribution in [2.75, 3.05) is 0 Å². The second-order valence-corrected chi connectivity index (χ2v) is 4.38. The van der Waals surface area contributed by atoms with Crippen LogP contribution in [0.3, 0.4) is 0 Å². The van der Waals surface area contributed by atoms with Gasteiger partial charge in [-0.1, -0.05) is 54.6 Å².